The van der Waals surface area contributed by atoms with E-state index >= 15 is 0 Å². The van der Waals surface area contributed by atoms with Crippen LogP contribution in [0.1, 0.15) is 18.4 Å². The summed E-state index contributed by atoms with van der Waals surface area (Å²) in [6.45, 7) is 2.64. The Balaban J connectivity index is 3.18. The topological polar surface area (TPSA) is 44.5 Å². The van der Waals surface area contributed by atoms with E-state index in [0.717, 1.165) is 17.1 Å². The van der Waals surface area contributed by atoms with Crippen molar-refractivity contribution in [2.45, 2.75) is 12.8 Å². The van der Waals surface area contributed by atoms with Gasteiger partial charge in [-0.1, -0.05) is 13.0 Å². The first kappa shape index (κ1) is 10.9. The van der Waals surface area contributed by atoms with Crippen molar-refractivity contribution in [2.75, 3.05) is 20.8 Å². The lowest BCUT2D eigenvalue weighted by Crippen LogP contribution is -2.11. The number of methoxy groups -OCH3 is 2. The maximum absolute atomic E-state index is 5.64. The summed E-state index contributed by atoms with van der Waals surface area (Å²) in [5, 5.41) is 0. The molecule has 0 saturated carbocycles. The average molecular weight is 195 g/mol. The molecule has 0 fully saturated rings. The van der Waals surface area contributed by atoms with Crippen molar-refractivity contribution >= 4 is 0 Å². The van der Waals surface area contributed by atoms with Gasteiger partial charge >= 0.3 is 0 Å². The molecule has 1 rings (SSSR count). The molecular formula is C11H17NO2. The van der Waals surface area contributed by atoms with E-state index in [1.165, 1.54) is 0 Å². The zero-order valence-electron chi connectivity index (χ0n) is 8.91. The van der Waals surface area contributed by atoms with E-state index in [1.54, 1.807) is 14.2 Å². The number of ether oxygens (including phenoxy) is 2. The second-order valence-electron chi connectivity index (χ2n) is 3.21. The molecule has 1 atom stereocenters. The van der Waals surface area contributed by atoms with E-state index < -0.39 is 0 Å². The first-order chi connectivity index (χ1) is 6.74. The predicted molar refractivity (Wildman–Crippen MR) is 57.0 cm³/mol. The standard InChI is InChI=1S/C11H17NO2/c1-8(7-12)11-9(13-2)5-4-6-10(11)14-3/h4-6,8H,7,12H2,1-3H3/t8-/m0/s1. The van der Waals surface area contributed by atoms with Crippen molar-refractivity contribution < 1.29 is 9.47 Å². The Morgan fingerprint density at radius 3 is 2.07 bits per heavy atom. The van der Waals surface area contributed by atoms with Crippen LogP contribution >= 0.6 is 0 Å². The highest BCUT2D eigenvalue weighted by molar-refractivity contribution is 5.47. The Bertz CT molecular complexity index is 277. The zero-order valence-corrected chi connectivity index (χ0v) is 8.91. The second-order valence-corrected chi connectivity index (χ2v) is 3.21. The highest BCUT2D eigenvalue weighted by atomic mass is 16.5. The predicted octanol–water partition coefficient (Wildman–Crippen LogP) is 1.77. The van der Waals surface area contributed by atoms with Crippen LogP contribution < -0.4 is 15.2 Å². The lowest BCUT2D eigenvalue weighted by atomic mass is 9.99. The molecule has 0 spiro atoms. The fourth-order valence-electron chi connectivity index (χ4n) is 1.48. The molecule has 1 aromatic carbocycles. The fourth-order valence-corrected chi connectivity index (χ4v) is 1.48. The van der Waals surface area contributed by atoms with Gasteiger partial charge in [0.1, 0.15) is 11.5 Å². The van der Waals surface area contributed by atoms with Crippen molar-refractivity contribution in [1.29, 1.82) is 0 Å². The smallest absolute Gasteiger partial charge is 0.126 e. The van der Waals surface area contributed by atoms with Gasteiger partial charge in [0.2, 0.25) is 0 Å². The summed E-state index contributed by atoms with van der Waals surface area (Å²) in [6.07, 6.45) is 0. The molecule has 0 unspecified atom stereocenters. The summed E-state index contributed by atoms with van der Waals surface area (Å²) < 4.78 is 10.6. The second kappa shape index (κ2) is 4.86. The molecule has 3 heteroatoms. The summed E-state index contributed by atoms with van der Waals surface area (Å²) in [5.41, 5.74) is 6.68. The van der Waals surface area contributed by atoms with E-state index in [1.807, 2.05) is 18.2 Å². The molecule has 0 bridgehead atoms. The summed E-state index contributed by atoms with van der Waals surface area (Å²) in [5.74, 6) is 1.91. The van der Waals surface area contributed by atoms with Gasteiger partial charge in [0, 0.05) is 11.5 Å². The van der Waals surface area contributed by atoms with E-state index in [2.05, 4.69) is 6.92 Å². The van der Waals surface area contributed by atoms with Crippen molar-refractivity contribution in [3.05, 3.63) is 23.8 Å². The fraction of sp³-hybridized carbons (Fsp3) is 0.455. The van der Waals surface area contributed by atoms with Crippen LogP contribution in [-0.2, 0) is 0 Å². The Morgan fingerprint density at radius 1 is 1.21 bits per heavy atom. The molecule has 2 N–H and O–H groups in total. The van der Waals surface area contributed by atoms with E-state index in [0.29, 0.717) is 6.54 Å². The van der Waals surface area contributed by atoms with Gasteiger partial charge in [-0.05, 0) is 18.7 Å². The minimum Gasteiger partial charge on any atom is -0.496 e. The third kappa shape index (κ3) is 1.99. The normalized spacial score (nSPS) is 12.3. The third-order valence-corrected chi connectivity index (χ3v) is 2.31. The zero-order chi connectivity index (χ0) is 10.6. The van der Waals surface area contributed by atoms with Gasteiger partial charge in [-0.2, -0.15) is 0 Å². The molecule has 0 aromatic heterocycles. The van der Waals surface area contributed by atoms with Crippen molar-refractivity contribution in [3.8, 4) is 11.5 Å². The number of hydrogen-bond donors (Lipinski definition) is 1. The molecule has 0 aliphatic heterocycles. The Kier molecular flexibility index (Phi) is 3.77. The molecule has 3 nitrogen and oxygen atoms in total. The van der Waals surface area contributed by atoms with Gasteiger partial charge in [0.15, 0.2) is 0 Å². The van der Waals surface area contributed by atoms with Crippen LogP contribution in [0, 0.1) is 0 Å². The van der Waals surface area contributed by atoms with Crippen LogP contribution in [0.3, 0.4) is 0 Å². The Morgan fingerprint density at radius 2 is 1.71 bits per heavy atom. The third-order valence-electron chi connectivity index (χ3n) is 2.31. The Hall–Kier alpha value is -1.22. The van der Waals surface area contributed by atoms with Crippen LogP contribution in [-0.4, -0.2) is 20.8 Å². The van der Waals surface area contributed by atoms with Crippen LogP contribution in [0.15, 0.2) is 18.2 Å². The number of nitrogens with two attached hydrogens (primary N) is 1. The molecule has 78 valence electrons. The molecule has 0 saturated heterocycles. The van der Waals surface area contributed by atoms with Crippen molar-refractivity contribution in [2.24, 2.45) is 5.73 Å². The van der Waals surface area contributed by atoms with E-state index in [-0.39, 0.29) is 5.92 Å². The van der Waals surface area contributed by atoms with Gasteiger partial charge in [-0.25, -0.2) is 0 Å². The number of rotatable bonds is 4. The summed E-state index contributed by atoms with van der Waals surface area (Å²) in [4.78, 5) is 0. The maximum Gasteiger partial charge on any atom is 0.126 e. The summed E-state index contributed by atoms with van der Waals surface area (Å²) in [7, 11) is 3.31. The van der Waals surface area contributed by atoms with Crippen molar-refractivity contribution in [1.82, 2.24) is 0 Å². The molecule has 0 heterocycles. The van der Waals surface area contributed by atoms with E-state index in [4.69, 9.17) is 15.2 Å². The first-order valence-corrected chi connectivity index (χ1v) is 4.65. The molecule has 0 aliphatic rings. The molecule has 0 amide bonds. The summed E-state index contributed by atoms with van der Waals surface area (Å²) >= 11 is 0. The van der Waals surface area contributed by atoms with Crippen molar-refractivity contribution in [3.63, 3.8) is 0 Å². The quantitative estimate of drug-likeness (QED) is 0.796. The summed E-state index contributed by atoms with van der Waals surface area (Å²) in [6, 6.07) is 5.75. The maximum atomic E-state index is 5.64. The number of hydrogen-bond acceptors (Lipinski definition) is 3. The van der Waals surface area contributed by atoms with Crippen LogP contribution in [0.4, 0.5) is 0 Å². The molecule has 0 aliphatic carbocycles. The minimum atomic E-state index is 0.237. The average Bonchev–Trinajstić information content (AvgIpc) is 2.26. The van der Waals surface area contributed by atoms with Crippen LogP contribution in [0.2, 0.25) is 0 Å². The van der Waals surface area contributed by atoms with Gasteiger partial charge < -0.3 is 15.2 Å². The van der Waals surface area contributed by atoms with Gasteiger partial charge in [-0.15, -0.1) is 0 Å². The Labute approximate surface area is 84.8 Å². The van der Waals surface area contributed by atoms with Crippen LogP contribution in [0.5, 0.6) is 11.5 Å². The lowest BCUT2D eigenvalue weighted by molar-refractivity contribution is 0.380. The minimum absolute atomic E-state index is 0.237. The molecule has 0 radical (unpaired) electrons. The first-order valence-electron chi connectivity index (χ1n) is 4.65. The monoisotopic (exact) mass is 195 g/mol. The SMILES string of the molecule is COc1cccc(OC)c1[C@@H](C)CN. The van der Waals surface area contributed by atoms with Gasteiger partial charge in [0.05, 0.1) is 14.2 Å². The lowest BCUT2D eigenvalue weighted by Gasteiger charge is -2.17. The highest BCUT2D eigenvalue weighted by Gasteiger charge is 2.15. The van der Waals surface area contributed by atoms with Gasteiger partial charge in [-0.3, -0.25) is 0 Å². The highest BCUT2D eigenvalue weighted by Crippen LogP contribution is 2.34. The largest absolute Gasteiger partial charge is 0.496 e. The van der Waals surface area contributed by atoms with Gasteiger partial charge in [0.25, 0.3) is 0 Å². The molecule has 14 heavy (non-hydrogen) atoms. The number of benzene rings is 1. The van der Waals surface area contributed by atoms with E-state index in [9.17, 15) is 0 Å². The molecular weight excluding hydrogens is 178 g/mol. The molecule has 1 aromatic rings. The van der Waals surface area contributed by atoms with Crippen LogP contribution in [0.25, 0.3) is 0 Å².